The summed E-state index contributed by atoms with van der Waals surface area (Å²) in [7, 11) is 0. The lowest BCUT2D eigenvalue weighted by atomic mass is 10.1. The number of carbonyl (C=O) groups excluding carboxylic acids is 2. The summed E-state index contributed by atoms with van der Waals surface area (Å²) >= 11 is 0. The summed E-state index contributed by atoms with van der Waals surface area (Å²) in [6.07, 6.45) is 6.12. The number of benzene rings is 1. The molecule has 1 atom stereocenters. The molecule has 0 radical (unpaired) electrons. The lowest BCUT2D eigenvalue weighted by molar-refractivity contribution is -0.125. The van der Waals surface area contributed by atoms with Gasteiger partial charge in [0.1, 0.15) is 12.6 Å². The molecular formula is C17H16N4O3. The van der Waals surface area contributed by atoms with Crippen LogP contribution in [-0.2, 0) is 22.7 Å². The highest BCUT2D eigenvalue weighted by Gasteiger charge is 2.27. The van der Waals surface area contributed by atoms with Crippen molar-refractivity contribution in [3.63, 3.8) is 0 Å². The molecule has 0 bridgehead atoms. The summed E-state index contributed by atoms with van der Waals surface area (Å²) in [6.45, 7) is 0.208. The SMILES string of the molecule is C#CCn1nc(CNC(=O)C2CCC(=O)N2)c2ccccc2c1=O. The van der Waals surface area contributed by atoms with Crippen molar-refractivity contribution in [3.05, 3.63) is 40.3 Å². The average Bonchev–Trinajstić information content (AvgIpc) is 3.03. The Hall–Kier alpha value is -3.14. The molecule has 7 heteroatoms. The molecule has 2 aromatic rings. The Kier molecular flexibility index (Phi) is 4.29. The van der Waals surface area contributed by atoms with E-state index in [1.54, 1.807) is 24.3 Å². The maximum absolute atomic E-state index is 12.3. The van der Waals surface area contributed by atoms with Gasteiger partial charge >= 0.3 is 0 Å². The van der Waals surface area contributed by atoms with E-state index in [0.29, 0.717) is 29.3 Å². The molecule has 1 aromatic heterocycles. The van der Waals surface area contributed by atoms with Gasteiger partial charge in [0.25, 0.3) is 5.56 Å². The van der Waals surface area contributed by atoms with Crippen molar-refractivity contribution in [2.24, 2.45) is 0 Å². The standard InChI is InChI=1S/C17H16N4O3/c1-2-9-21-17(24)12-6-4-3-5-11(12)14(20-21)10-18-16(23)13-7-8-15(22)19-13/h1,3-6,13H,7-10H2,(H,18,23)(H,19,22). The maximum atomic E-state index is 12.3. The number of nitrogens with zero attached hydrogens (tertiary/aromatic N) is 2. The molecule has 7 nitrogen and oxygen atoms in total. The van der Waals surface area contributed by atoms with Gasteiger partial charge < -0.3 is 10.6 Å². The summed E-state index contributed by atoms with van der Waals surface area (Å²) in [5, 5.41) is 10.8. The molecule has 1 unspecified atom stereocenters. The highest BCUT2D eigenvalue weighted by molar-refractivity contribution is 5.91. The zero-order valence-corrected chi connectivity index (χ0v) is 12.9. The molecule has 0 aliphatic carbocycles. The van der Waals surface area contributed by atoms with Gasteiger partial charge in [-0.1, -0.05) is 24.1 Å². The van der Waals surface area contributed by atoms with Gasteiger partial charge in [0, 0.05) is 11.8 Å². The van der Waals surface area contributed by atoms with Gasteiger partial charge in [0.2, 0.25) is 11.8 Å². The first-order valence-electron chi connectivity index (χ1n) is 7.59. The molecule has 0 saturated carbocycles. The van der Waals surface area contributed by atoms with E-state index in [4.69, 9.17) is 6.42 Å². The van der Waals surface area contributed by atoms with E-state index in [9.17, 15) is 14.4 Å². The second kappa shape index (κ2) is 6.54. The predicted molar refractivity (Wildman–Crippen MR) is 87.8 cm³/mol. The summed E-state index contributed by atoms with van der Waals surface area (Å²) in [6, 6.07) is 6.54. The van der Waals surface area contributed by atoms with Crippen LogP contribution in [0, 0.1) is 12.3 Å². The van der Waals surface area contributed by atoms with E-state index in [-0.39, 0.29) is 30.5 Å². The molecule has 1 fully saturated rings. The Bertz CT molecular complexity index is 910. The Morgan fingerprint density at radius 2 is 2.12 bits per heavy atom. The monoisotopic (exact) mass is 324 g/mol. The van der Waals surface area contributed by atoms with Gasteiger partial charge in [-0.05, 0) is 12.5 Å². The van der Waals surface area contributed by atoms with Gasteiger partial charge in [0.15, 0.2) is 0 Å². The van der Waals surface area contributed by atoms with E-state index in [1.807, 2.05) is 0 Å². The number of terminal acetylenes is 1. The van der Waals surface area contributed by atoms with Crippen molar-refractivity contribution in [1.29, 1.82) is 0 Å². The zero-order chi connectivity index (χ0) is 17.1. The van der Waals surface area contributed by atoms with E-state index in [0.717, 1.165) is 0 Å². The molecule has 2 N–H and O–H groups in total. The first-order valence-corrected chi connectivity index (χ1v) is 7.59. The molecule has 2 heterocycles. The third-order valence-corrected chi connectivity index (χ3v) is 3.93. The number of aromatic nitrogens is 2. The average molecular weight is 324 g/mol. The number of nitrogens with one attached hydrogen (secondary N) is 2. The van der Waals surface area contributed by atoms with Crippen LogP contribution in [-0.4, -0.2) is 27.6 Å². The van der Waals surface area contributed by atoms with Crippen LogP contribution in [0.25, 0.3) is 10.8 Å². The fraction of sp³-hybridized carbons (Fsp3) is 0.294. The number of hydrogen-bond donors (Lipinski definition) is 2. The van der Waals surface area contributed by atoms with Crippen molar-refractivity contribution in [2.75, 3.05) is 0 Å². The second-order valence-corrected chi connectivity index (χ2v) is 5.54. The van der Waals surface area contributed by atoms with Gasteiger partial charge in [-0.25, -0.2) is 4.68 Å². The lowest BCUT2D eigenvalue weighted by Gasteiger charge is -2.13. The van der Waals surface area contributed by atoms with Crippen molar-refractivity contribution >= 4 is 22.6 Å². The quantitative estimate of drug-likeness (QED) is 0.770. The van der Waals surface area contributed by atoms with Gasteiger partial charge in [-0.15, -0.1) is 6.42 Å². The van der Waals surface area contributed by atoms with E-state index >= 15 is 0 Å². The van der Waals surface area contributed by atoms with Crippen LogP contribution in [0.4, 0.5) is 0 Å². The van der Waals surface area contributed by atoms with E-state index in [1.165, 1.54) is 4.68 Å². The molecule has 3 rings (SSSR count). The number of fused-ring (bicyclic) bond motifs is 1. The molecule has 24 heavy (non-hydrogen) atoms. The summed E-state index contributed by atoms with van der Waals surface area (Å²) in [4.78, 5) is 35.6. The minimum absolute atomic E-state index is 0.0588. The molecule has 0 spiro atoms. The Morgan fingerprint density at radius 3 is 2.79 bits per heavy atom. The van der Waals surface area contributed by atoms with Gasteiger partial charge in [-0.3, -0.25) is 14.4 Å². The number of rotatable bonds is 4. The largest absolute Gasteiger partial charge is 0.349 e. The van der Waals surface area contributed by atoms with Crippen molar-refractivity contribution in [2.45, 2.75) is 32.0 Å². The third-order valence-electron chi connectivity index (χ3n) is 3.93. The number of carbonyl (C=O) groups is 2. The highest BCUT2D eigenvalue weighted by atomic mass is 16.2. The minimum Gasteiger partial charge on any atom is -0.349 e. The van der Waals surface area contributed by atoms with Crippen molar-refractivity contribution in [3.8, 4) is 12.3 Å². The van der Waals surface area contributed by atoms with Crippen LogP contribution in [0.3, 0.4) is 0 Å². The van der Waals surface area contributed by atoms with Crippen LogP contribution in [0.5, 0.6) is 0 Å². The maximum Gasteiger partial charge on any atom is 0.275 e. The normalized spacial score (nSPS) is 16.6. The second-order valence-electron chi connectivity index (χ2n) is 5.54. The third kappa shape index (κ3) is 2.99. The van der Waals surface area contributed by atoms with Crippen LogP contribution >= 0.6 is 0 Å². The summed E-state index contributed by atoms with van der Waals surface area (Å²) in [5.41, 5.74) is 0.291. The van der Waals surface area contributed by atoms with Gasteiger partial charge in [-0.2, -0.15) is 5.10 Å². The molecule has 2 amide bonds. The smallest absolute Gasteiger partial charge is 0.275 e. The summed E-state index contributed by atoms with van der Waals surface area (Å²) < 4.78 is 1.21. The first-order chi connectivity index (χ1) is 11.6. The molecular weight excluding hydrogens is 308 g/mol. The van der Waals surface area contributed by atoms with Crippen LogP contribution in [0.1, 0.15) is 18.5 Å². The van der Waals surface area contributed by atoms with Crippen molar-refractivity contribution < 1.29 is 9.59 Å². The van der Waals surface area contributed by atoms with Crippen molar-refractivity contribution in [1.82, 2.24) is 20.4 Å². The predicted octanol–water partition coefficient (Wildman–Crippen LogP) is -0.0755. The fourth-order valence-electron chi connectivity index (χ4n) is 2.73. The van der Waals surface area contributed by atoms with E-state index in [2.05, 4.69) is 21.7 Å². The molecule has 1 aliphatic rings. The fourth-order valence-corrected chi connectivity index (χ4v) is 2.73. The van der Waals surface area contributed by atoms with Crippen LogP contribution < -0.4 is 16.2 Å². The summed E-state index contributed by atoms with van der Waals surface area (Å²) in [5.74, 6) is 2.01. The molecule has 1 saturated heterocycles. The van der Waals surface area contributed by atoms with Gasteiger partial charge in [0.05, 0.1) is 17.6 Å². The Morgan fingerprint density at radius 1 is 1.38 bits per heavy atom. The Labute approximate surface area is 138 Å². The number of hydrogen-bond acceptors (Lipinski definition) is 4. The lowest BCUT2D eigenvalue weighted by Crippen LogP contribution is -2.41. The zero-order valence-electron chi connectivity index (χ0n) is 12.9. The Balaban J connectivity index is 1.87. The van der Waals surface area contributed by atoms with E-state index < -0.39 is 6.04 Å². The topological polar surface area (TPSA) is 93.1 Å². The minimum atomic E-state index is -0.514. The number of amides is 2. The highest BCUT2D eigenvalue weighted by Crippen LogP contribution is 2.13. The molecule has 1 aromatic carbocycles. The molecule has 122 valence electrons. The van der Waals surface area contributed by atoms with Crippen LogP contribution in [0.15, 0.2) is 29.1 Å². The van der Waals surface area contributed by atoms with Crippen LogP contribution in [0.2, 0.25) is 0 Å². The molecule has 1 aliphatic heterocycles. The first kappa shape index (κ1) is 15.7.